The number of hydrogen-bond acceptors (Lipinski definition) is 3. The summed E-state index contributed by atoms with van der Waals surface area (Å²) < 4.78 is 0. The van der Waals surface area contributed by atoms with Crippen LogP contribution in [0.15, 0.2) is 4.99 Å². The van der Waals surface area contributed by atoms with E-state index in [2.05, 4.69) is 48.3 Å². The maximum atomic E-state index is 4.83. The quantitative estimate of drug-likeness (QED) is 0.529. The highest BCUT2D eigenvalue weighted by Gasteiger charge is 2.29. The lowest BCUT2D eigenvalue weighted by Crippen LogP contribution is -2.49. The molecule has 1 unspecified atom stereocenters. The molecule has 1 saturated heterocycles. The van der Waals surface area contributed by atoms with Crippen LogP contribution < -0.4 is 10.6 Å². The van der Waals surface area contributed by atoms with E-state index in [1.807, 2.05) is 0 Å². The van der Waals surface area contributed by atoms with E-state index in [1.54, 1.807) is 0 Å². The molecule has 5 heteroatoms. The van der Waals surface area contributed by atoms with Crippen LogP contribution in [0.4, 0.5) is 0 Å². The molecule has 0 aromatic heterocycles. The molecular formula is C18H37N5. The Kier molecular flexibility index (Phi) is 7.63. The molecule has 0 bridgehead atoms. The van der Waals surface area contributed by atoms with Gasteiger partial charge in [-0.15, -0.1) is 0 Å². The van der Waals surface area contributed by atoms with Crippen molar-refractivity contribution >= 4 is 5.96 Å². The lowest BCUT2D eigenvalue weighted by Gasteiger charge is -2.33. The third-order valence-electron chi connectivity index (χ3n) is 5.14. The molecule has 23 heavy (non-hydrogen) atoms. The molecule has 1 heterocycles. The van der Waals surface area contributed by atoms with Gasteiger partial charge in [-0.25, -0.2) is 0 Å². The third kappa shape index (κ3) is 6.30. The number of piperidine rings is 1. The van der Waals surface area contributed by atoms with Crippen molar-refractivity contribution in [1.82, 2.24) is 20.4 Å². The predicted octanol–water partition coefficient (Wildman–Crippen LogP) is 1.90. The van der Waals surface area contributed by atoms with E-state index < -0.39 is 0 Å². The first-order valence-corrected chi connectivity index (χ1v) is 9.63. The minimum atomic E-state index is 0.518. The Morgan fingerprint density at radius 2 is 1.91 bits per heavy atom. The van der Waals surface area contributed by atoms with Crippen molar-refractivity contribution in [1.29, 1.82) is 0 Å². The molecule has 1 aliphatic heterocycles. The summed E-state index contributed by atoms with van der Waals surface area (Å²) in [6.45, 7) is 12.2. The zero-order chi connectivity index (χ0) is 16.7. The lowest BCUT2D eigenvalue weighted by molar-refractivity contribution is 0.206. The van der Waals surface area contributed by atoms with Gasteiger partial charge in [-0.05, 0) is 59.5 Å². The zero-order valence-electron chi connectivity index (χ0n) is 15.6. The van der Waals surface area contributed by atoms with Crippen molar-refractivity contribution in [2.24, 2.45) is 4.99 Å². The highest BCUT2D eigenvalue weighted by molar-refractivity contribution is 5.80. The fourth-order valence-corrected chi connectivity index (χ4v) is 3.32. The second-order valence-electron chi connectivity index (χ2n) is 7.23. The molecule has 0 radical (unpaired) electrons. The number of hydrogen-bond donors (Lipinski definition) is 2. The van der Waals surface area contributed by atoms with Gasteiger partial charge in [-0.1, -0.05) is 6.92 Å². The predicted molar refractivity (Wildman–Crippen MR) is 99.1 cm³/mol. The van der Waals surface area contributed by atoms with Gasteiger partial charge >= 0.3 is 0 Å². The fraction of sp³-hybridized carbons (Fsp3) is 0.944. The van der Waals surface area contributed by atoms with Crippen molar-refractivity contribution < 1.29 is 0 Å². The zero-order valence-corrected chi connectivity index (χ0v) is 15.6. The van der Waals surface area contributed by atoms with Crippen LogP contribution in [0.3, 0.4) is 0 Å². The molecule has 0 aromatic carbocycles. The Labute approximate surface area is 142 Å². The first-order valence-electron chi connectivity index (χ1n) is 9.63. The molecule has 2 rings (SSSR count). The summed E-state index contributed by atoms with van der Waals surface area (Å²) in [5, 5.41) is 7.06. The summed E-state index contributed by atoms with van der Waals surface area (Å²) in [6, 6.07) is 1.89. The van der Waals surface area contributed by atoms with Gasteiger partial charge in [-0.3, -0.25) is 9.89 Å². The van der Waals surface area contributed by atoms with Crippen molar-refractivity contribution in [3.8, 4) is 0 Å². The monoisotopic (exact) mass is 323 g/mol. The number of nitrogens with one attached hydrogen (secondary N) is 2. The van der Waals surface area contributed by atoms with E-state index in [-0.39, 0.29) is 0 Å². The molecule has 1 aliphatic carbocycles. The number of nitrogens with zero attached hydrogens (tertiary/aromatic N) is 3. The van der Waals surface area contributed by atoms with Crippen molar-refractivity contribution in [2.75, 3.05) is 39.8 Å². The number of guanidine groups is 1. The summed E-state index contributed by atoms with van der Waals surface area (Å²) in [4.78, 5) is 9.89. The van der Waals surface area contributed by atoms with Crippen molar-refractivity contribution in [3.05, 3.63) is 0 Å². The Morgan fingerprint density at radius 1 is 1.22 bits per heavy atom. The molecule has 5 nitrogen and oxygen atoms in total. The minimum absolute atomic E-state index is 0.518. The van der Waals surface area contributed by atoms with Crippen LogP contribution in [0.2, 0.25) is 0 Å². The van der Waals surface area contributed by atoms with Gasteiger partial charge in [0.25, 0.3) is 0 Å². The van der Waals surface area contributed by atoms with E-state index in [0.29, 0.717) is 12.1 Å². The van der Waals surface area contributed by atoms with Crippen molar-refractivity contribution in [3.63, 3.8) is 0 Å². The van der Waals surface area contributed by atoms with Gasteiger partial charge in [0, 0.05) is 37.8 Å². The highest BCUT2D eigenvalue weighted by atomic mass is 15.2. The highest BCUT2D eigenvalue weighted by Crippen LogP contribution is 2.26. The van der Waals surface area contributed by atoms with Crippen LogP contribution >= 0.6 is 0 Å². The van der Waals surface area contributed by atoms with Crippen LogP contribution in [-0.4, -0.2) is 73.7 Å². The molecule has 1 saturated carbocycles. The Bertz CT molecular complexity index is 358. The van der Waals surface area contributed by atoms with Crippen LogP contribution in [0.5, 0.6) is 0 Å². The molecule has 0 aromatic rings. The van der Waals surface area contributed by atoms with E-state index >= 15 is 0 Å². The van der Waals surface area contributed by atoms with Crippen LogP contribution in [0, 0.1) is 0 Å². The number of likely N-dealkylation sites (N-methyl/N-ethyl adjacent to an activating group) is 1. The average Bonchev–Trinajstić information content (AvgIpc) is 3.39. The lowest BCUT2D eigenvalue weighted by atomic mass is 10.1. The summed E-state index contributed by atoms with van der Waals surface area (Å²) in [5.74, 6) is 0.998. The standard InChI is InChI=1S/C18H37N5/c1-5-11-23-12-9-16(10-13-23)21-18(19-6-2)20-14-15(3)22(4)17-7-8-17/h15-17H,5-14H2,1-4H3,(H2,19,20,21). The Balaban J connectivity index is 1.77. The summed E-state index contributed by atoms with van der Waals surface area (Å²) in [7, 11) is 2.24. The first-order chi connectivity index (χ1) is 11.1. The third-order valence-corrected chi connectivity index (χ3v) is 5.14. The largest absolute Gasteiger partial charge is 0.357 e. The van der Waals surface area contributed by atoms with Gasteiger partial charge in [0.2, 0.25) is 0 Å². The van der Waals surface area contributed by atoms with E-state index in [9.17, 15) is 0 Å². The topological polar surface area (TPSA) is 42.9 Å². The summed E-state index contributed by atoms with van der Waals surface area (Å²) >= 11 is 0. The number of rotatable bonds is 8. The Morgan fingerprint density at radius 3 is 2.48 bits per heavy atom. The average molecular weight is 324 g/mol. The van der Waals surface area contributed by atoms with Gasteiger partial charge in [0.1, 0.15) is 0 Å². The minimum Gasteiger partial charge on any atom is -0.357 e. The smallest absolute Gasteiger partial charge is 0.191 e. The SMILES string of the molecule is CCCN1CCC(NC(=NCC(C)N(C)C2CC2)NCC)CC1. The van der Waals surface area contributed by atoms with Gasteiger partial charge in [0.15, 0.2) is 5.96 Å². The molecule has 0 spiro atoms. The van der Waals surface area contributed by atoms with E-state index in [0.717, 1.165) is 25.1 Å². The second-order valence-corrected chi connectivity index (χ2v) is 7.23. The van der Waals surface area contributed by atoms with Gasteiger partial charge in [0.05, 0.1) is 6.54 Å². The van der Waals surface area contributed by atoms with E-state index in [4.69, 9.17) is 4.99 Å². The number of aliphatic imine (C=N–C) groups is 1. The fourth-order valence-electron chi connectivity index (χ4n) is 3.32. The van der Waals surface area contributed by atoms with Crippen LogP contribution in [0.1, 0.15) is 52.9 Å². The van der Waals surface area contributed by atoms with Crippen LogP contribution in [0.25, 0.3) is 0 Å². The van der Waals surface area contributed by atoms with Crippen molar-refractivity contribution in [2.45, 2.75) is 71.0 Å². The maximum absolute atomic E-state index is 4.83. The molecular weight excluding hydrogens is 286 g/mol. The second kappa shape index (κ2) is 9.48. The Hall–Kier alpha value is -0.810. The summed E-state index contributed by atoms with van der Waals surface area (Å²) in [5.41, 5.74) is 0. The maximum Gasteiger partial charge on any atom is 0.191 e. The van der Waals surface area contributed by atoms with E-state index in [1.165, 1.54) is 51.7 Å². The molecule has 134 valence electrons. The normalized spacial score (nSPS) is 22.4. The van der Waals surface area contributed by atoms with Crippen LogP contribution in [-0.2, 0) is 0 Å². The molecule has 0 amide bonds. The molecule has 1 atom stereocenters. The van der Waals surface area contributed by atoms with Gasteiger partial charge in [-0.2, -0.15) is 0 Å². The molecule has 2 aliphatic rings. The molecule has 2 N–H and O–H groups in total. The first kappa shape index (κ1) is 18.5. The van der Waals surface area contributed by atoms with Gasteiger partial charge < -0.3 is 15.5 Å². The summed E-state index contributed by atoms with van der Waals surface area (Å²) in [6.07, 6.45) is 6.43. The number of likely N-dealkylation sites (tertiary alicyclic amines) is 1. The molecule has 2 fully saturated rings.